The Hall–Kier alpha value is -1.75. The number of benzene rings is 1. The molecule has 0 bridgehead atoms. The Labute approximate surface area is 119 Å². The molecule has 2 rings (SSSR count). The topological polar surface area (TPSA) is 84.6 Å². The first kappa shape index (κ1) is 14.7. The summed E-state index contributed by atoms with van der Waals surface area (Å²) in [6.45, 7) is -0.0317. The summed E-state index contributed by atoms with van der Waals surface area (Å²) in [5, 5.41) is 12.6. The maximum absolute atomic E-state index is 12.4. The van der Waals surface area contributed by atoms with Gasteiger partial charge in [-0.05, 0) is 25.0 Å². The normalized spacial score (nSPS) is 17.5. The molecule has 1 fully saturated rings. The Bertz CT molecular complexity index is 482. The second kappa shape index (κ2) is 6.13. The van der Waals surface area contributed by atoms with Gasteiger partial charge in [0.1, 0.15) is 5.75 Å². The molecule has 0 aromatic heterocycles. The predicted octanol–water partition coefficient (Wildman–Crippen LogP) is 1.70. The number of nitrogens with two attached hydrogens (primary N) is 1. The fourth-order valence-corrected chi connectivity index (χ4v) is 2.75. The van der Waals surface area contributed by atoms with Crippen LogP contribution in [0.2, 0.25) is 0 Å². The van der Waals surface area contributed by atoms with Crippen molar-refractivity contribution < 1.29 is 14.6 Å². The fraction of sp³-hybridized carbons (Fsp3) is 0.533. The highest BCUT2D eigenvalue weighted by molar-refractivity contribution is 5.97. The van der Waals surface area contributed by atoms with E-state index in [-0.39, 0.29) is 12.5 Å². The van der Waals surface area contributed by atoms with E-state index in [0.717, 1.165) is 32.1 Å². The van der Waals surface area contributed by atoms with Gasteiger partial charge in [0.2, 0.25) is 0 Å². The number of ether oxygens (including phenoxy) is 1. The van der Waals surface area contributed by atoms with Crippen molar-refractivity contribution in [2.75, 3.05) is 19.5 Å². The molecule has 5 nitrogen and oxygen atoms in total. The zero-order valence-electron chi connectivity index (χ0n) is 11.8. The zero-order chi connectivity index (χ0) is 14.6. The quantitative estimate of drug-likeness (QED) is 0.732. The average molecular weight is 278 g/mol. The molecule has 1 saturated carbocycles. The van der Waals surface area contributed by atoms with Crippen LogP contribution in [0.1, 0.15) is 42.5 Å². The summed E-state index contributed by atoms with van der Waals surface area (Å²) in [5.74, 6) is 0.226. The van der Waals surface area contributed by atoms with Gasteiger partial charge >= 0.3 is 0 Å². The standard InChI is InChI=1S/C15H22N2O3/c1-20-13-9-11(16)5-6-12(13)14(19)17-15(10-18)7-3-2-4-8-15/h5-6,9,18H,2-4,7-8,10,16H2,1H3,(H,17,19). The van der Waals surface area contributed by atoms with E-state index in [1.54, 1.807) is 18.2 Å². The Morgan fingerprint density at radius 3 is 2.70 bits per heavy atom. The maximum Gasteiger partial charge on any atom is 0.255 e. The molecular formula is C15H22N2O3. The van der Waals surface area contributed by atoms with Gasteiger partial charge in [-0.15, -0.1) is 0 Å². The van der Waals surface area contributed by atoms with Crippen LogP contribution < -0.4 is 15.8 Å². The minimum Gasteiger partial charge on any atom is -0.496 e. The highest BCUT2D eigenvalue weighted by atomic mass is 16.5. The van der Waals surface area contributed by atoms with Gasteiger partial charge in [-0.25, -0.2) is 0 Å². The van der Waals surface area contributed by atoms with Crippen molar-refractivity contribution in [3.63, 3.8) is 0 Å². The number of aliphatic hydroxyl groups is 1. The molecular weight excluding hydrogens is 256 g/mol. The molecule has 1 aromatic rings. The summed E-state index contributed by atoms with van der Waals surface area (Å²) in [6, 6.07) is 4.95. The SMILES string of the molecule is COc1cc(N)ccc1C(=O)NC1(CO)CCCCC1. The molecule has 1 amide bonds. The third kappa shape index (κ3) is 3.04. The van der Waals surface area contributed by atoms with Crippen molar-refractivity contribution in [1.29, 1.82) is 0 Å². The number of carbonyl (C=O) groups excluding carboxylic acids is 1. The lowest BCUT2D eigenvalue weighted by atomic mass is 9.82. The van der Waals surface area contributed by atoms with E-state index in [1.165, 1.54) is 7.11 Å². The molecule has 1 aliphatic carbocycles. The Kier molecular flexibility index (Phi) is 4.49. The summed E-state index contributed by atoms with van der Waals surface area (Å²) in [4.78, 5) is 12.4. The van der Waals surface area contributed by atoms with Crippen molar-refractivity contribution in [1.82, 2.24) is 5.32 Å². The van der Waals surface area contributed by atoms with E-state index in [2.05, 4.69) is 5.32 Å². The van der Waals surface area contributed by atoms with Crippen LogP contribution in [0.4, 0.5) is 5.69 Å². The van der Waals surface area contributed by atoms with E-state index in [9.17, 15) is 9.90 Å². The molecule has 5 heteroatoms. The summed E-state index contributed by atoms with van der Waals surface area (Å²) in [7, 11) is 1.51. The van der Waals surface area contributed by atoms with Crippen molar-refractivity contribution in [2.45, 2.75) is 37.6 Å². The lowest BCUT2D eigenvalue weighted by Crippen LogP contribution is -2.52. The Morgan fingerprint density at radius 2 is 2.10 bits per heavy atom. The van der Waals surface area contributed by atoms with Crippen LogP contribution in [0.25, 0.3) is 0 Å². The number of anilines is 1. The summed E-state index contributed by atoms with van der Waals surface area (Å²) < 4.78 is 5.20. The molecule has 0 radical (unpaired) electrons. The predicted molar refractivity (Wildman–Crippen MR) is 77.8 cm³/mol. The minimum atomic E-state index is -0.498. The van der Waals surface area contributed by atoms with E-state index < -0.39 is 5.54 Å². The number of amides is 1. The molecule has 0 saturated heterocycles. The van der Waals surface area contributed by atoms with Crippen LogP contribution in [0, 0.1) is 0 Å². The van der Waals surface area contributed by atoms with Crippen LogP contribution in [0.3, 0.4) is 0 Å². The molecule has 0 aliphatic heterocycles. The highest BCUT2D eigenvalue weighted by Crippen LogP contribution is 2.29. The van der Waals surface area contributed by atoms with Gasteiger partial charge in [0.15, 0.2) is 0 Å². The van der Waals surface area contributed by atoms with E-state index in [1.807, 2.05) is 0 Å². The van der Waals surface area contributed by atoms with Gasteiger partial charge < -0.3 is 20.9 Å². The highest BCUT2D eigenvalue weighted by Gasteiger charge is 2.33. The Balaban J connectivity index is 2.18. The molecule has 110 valence electrons. The minimum absolute atomic E-state index is 0.0317. The van der Waals surface area contributed by atoms with Crippen LogP contribution in [0.15, 0.2) is 18.2 Å². The van der Waals surface area contributed by atoms with Crippen LogP contribution in [-0.2, 0) is 0 Å². The number of nitrogens with one attached hydrogen (secondary N) is 1. The monoisotopic (exact) mass is 278 g/mol. The van der Waals surface area contributed by atoms with Gasteiger partial charge in [-0.2, -0.15) is 0 Å². The van der Waals surface area contributed by atoms with E-state index in [0.29, 0.717) is 17.0 Å². The molecule has 4 N–H and O–H groups in total. The number of hydrogen-bond donors (Lipinski definition) is 3. The van der Waals surface area contributed by atoms with Gasteiger partial charge in [0, 0.05) is 11.8 Å². The summed E-state index contributed by atoms with van der Waals surface area (Å²) in [6.07, 6.45) is 4.83. The fourth-order valence-electron chi connectivity index (χ4n) is 2.75. The van der Waals surface area contributed by atoms with Crippen molar-refractivity contribution in [3.05, 3.63) is 23.8 Å². The third-order valence-electron chi connectivity index (χ3n) is 3.96. The van der Waals surface area contributed by atoms with Crippen LogP contribution in [0.5, 0.6) is 5.75 Å². The van der Waals surface area contributed by atoms with Gasteiger partial charge in [0.05, 0.1) is 24.8 Å². The first-order valence-corrected chi connectivity index (χ1v) is 6.97. The average Bonchev–Trinajstić information content (AvgIpc) is 2.47. The molecule has 20 heavy (non-hydrogen) atoms. The van der Waals surface area contributed by atoms with E-state index >= 15 is 0 Å². The summed E-state index contributed by atoms with van der Waals surface area (Å²) >= 11 is 0. The number of carbonyl (C=O) groups is 1. The molecule has 0 heterocycles. The largest absolute Gasteiger partial charge is 0.496 e. The van der Waals surface area contributed by atoms with Crippen molar-refractivity contribution >= 4 is 11.6 Å². The van der Waals surface area contributed by atoms with Crippen molar-refractivity contribution in [2.24, 2.45) is 0 Å². The van der Waals surface area contributed by atoms with Crippen LogP contribution >= 0.6 is 0 Å². The number of aliphatic hydroxyl groups excluding tert-OH is 1. The summed E-state index contributed by atoms with van der Waals surface area (Å²) in [5.41, 5.74) is 6.18. The first-order chi connectivity index (χ1) is 9.60. The maximum atomic E-state index is 12.4. The number of nitrogen functional groups attached to an aromatic ring is 1. The molecule has 1 aromatic carbocycles. The smallest absolute Gasteiger partial charge is 0.255 e. The molecule has 1 aliphatic rings. The second-order valence-electron chi connectivity index (χ2n) is 5.41. The third-order valence-corrected chi connectivity index (χ3v) is 3.96. The van der Waals surface area contributed by atoms with Crippen molar-refractivity contribution in [3.8, 4) is 5.75 Å². The van der Waals surface area contributed by atoms with Crippen LogP contribution in [-0.4, -0.2) is 30.3 Å². The zero-order valence-corrected chi connectivity index (χ0v) is 11.8. The first-order valence-electron chi connectivity index (χ1n) is 6.97. The molecule has 0 unspecified atom stereocenters. The van der Waals surface area contributed by atoms with Gasteiger partial charge in [-0.3, -0.25) is 4.79 Å². The van der Waals surface area contributed by atoms with Gasteiger partial charge in [0.25, 0.3) is 5.91 Å². The Morgan fingerprint density at radius 1 is 1.40 bits per heavy atom. The number of methoxy groups -OCH3 is 1. The van der Waals surface area contributed by atoms with E-state index in [4.69, 9.17) is 10.5 Å². The lowest BCUT2D eigenvalue weighted by Gasteiger charge is -2.36. The number of hydrogen-bond acceptors (Lipinski definition) is 4. The van der Waals surface area contributed by atoms with Gasteiger partial charge in [-0.1, -0.05) is 19.3 Å². The molecule has 0 atom stereocenters. The number of rotatable bonds is 4. The lowest BCUT2D eigenvalue weighted by molar-refractivity contribution is 0.0756. The molecule has 0 spiro atoms. The second-order valence-corrected chi connectivity index (χ2v) is 5.41.